The van der Waals surface area contributed by atoms with Crippen LogP contribution >= 0.6 is 43.2 Å². The van der Waals surface area contributed by atoms with Crippen LogP contribution in [0.15, 0.2) is 28.7 Å². The Morgan fingerprint density at radius 1 is 1.24 bits per heavy atom. The summed E-state index contributed by atoms with van der Waals surface area (Å²) in [7, 11) is 0. The predicted molar refractivity (Wildman–Crippen MR) is 78.7 cm³/mol. The van der Waals surface area contributed by atoms with Gasteiger partial charge in [0.25, 0.3) is 0 Å². The zero-order valence-corrected chi connectivity index (χ0v) is 13.4. The number of alkyl halides is 1. The van der Waals surface area contributed by atoms with E-state index in [-0.39, 0.29) is 10.6 Å². The number of aryl methyl sites for hydroxylation is 2. The third kappa shape index (κ3) is 2.80. The zero-order valence-electron chi connectivity index (χ0n) is 9.43. The van der Waals surface area contributed by atoms with E-state index in [0.29, 0.717) is 5.56 Å². The summed E-state index contributed by atoms with van der Waals surface area (Å²) in [6.45, 7) is 3.84. The van der Waals surface area contributed by atoms with Gasteiger partial charge in [-0.3, -0.25) is 0 Å². The fourth-order valence-electron chi connectivity index (χ4n) is 1.54. The van der Waals surface area contributed by atoms with Gasteiger partial charge in [0, 0.05) is 14.2 Å². The quantitative estimate of drug-likeness (QED) is 0.584. The van der Waals surface area contributed by atoms with Gasteiger partial charge in [-0.05, 0) is 53.0 Å². The molecule has 0 aliphatic heterocycles. The van der Waals surface area contributed by atoms with Crippen molar-refractivity contribution in [3.63, 3.8) is 0 Å². The molecule has 0 amide bonds. The van der Waals surface area contributed by atoms with Crippen molar-refractivity contribution in [2.75, 3.05) is 0 Å². The zero-order chi connectivity index (χ0) is 12.6. The van der Waals surface area contributed by atoms with Crippen molar-refractivity contribution in [2.45, 2.75) is 18.7 Å². The third-order valence-corrected chi connectivity index (χ3v) is 6.14. The van der Waals surface area contributed by atoms with Gasteiger partial charge in [0.2, 0.25) is 0 Å². The first-order chi connectivity index (χ1) is 7.99. The fourth-order valence-corrected chi connectivity index (χ4v) is 3.80. The first kappa shape index (κ1) is 13.2. The topological polar surface area (TPSA) is 0 Å². The second-order valence-corrected chi connectivity index (χ2v) is 6.98. The molecule has 0 aliphatic rings. The van der Waals surface area contributed by atoms with Crippen LogP contribution in [0.4, 0.5) is 4.39 Å². The second-order valence-electron chi connectivity index (χ2n) is 3.92. The summed E-state index contributed by atoms with van der Waals surface area (Å²) in [4.78, 5) is 2.46. The molecule has 4 heteroatoms. The molecular formula is C13H11Br2FS. The summed E-state index contributed by atoms with van der Waals surface area (Å²) in [6, 6.07) is 7.45. The van der Waals surface area contributed by atoms with Gasteiger partial charge in [-0.1, -0.05) is 28.1 Å². The number of halogens is 3. The van der Waals surface area contributed by atoms with E-state index in [1.807, 2.05) is 12.1 Å². The van der Waals surface area contributed by atoms with Crippen molar-refractivity contribution in [3.8, 4) is 0 Å². The van der Waals surface area contributed by atoms with E-state index in [1.165, 1.54) is 9.75 Å². The molecule has 1 heterocycles. The van der Waals surface area contributed by atoms with E-state index in [0.717, 1.165) is 10.0 Å². The van der Waals surface area contributed by atoms with E-state index in [9.17, 15) is 4.39 Å². The molecule has 1 unspecified atom stereocenters. The Bertz CT molecular complexity index is 529. The van der Waals surface area contributed by atoms with Crippen LogP contribution in [0.1, 0.15) is 25.7 Å². The van der Waals surface area contributed by atoms with Gasteiger partial charge in [0.15, 0.2) is 0 Å². The van der Waals surface area contributed by atoms with E-state index >= 15 is 0 Å². The summed E-state index contributed by atoms with van der Waals surface area (Å²) in [6.07, 6.45) is 0. The maximum atomic E-state index is 13.5. The molecule has 0 aliphatic carbocycles. The molecule has 1 aromatic heterocycles. The number of thiophene rings is 1. The van der Waals surface area contributed by atoms with E-state index in [4.69, 9.17) is 0 Å². The minimum Gasteiger partial charge on any atom is -0.207 e. The molecule has 2 aromatic rings. The molecule has 0 radical (unpaired) electrons. The molecule has 1 aromatic carbocycles. The maximum absolute atomic E-state index is 13.5. The Labute approximate surface area is 121 Å². The van der Waals surface area contributed by atoms with Crippen LogP contribution in [0.3, 0.4) is 0 Å². The van der Waals surface area contributed by atoms with Gasteiger partial charge in [0.1, 0.15) is 5.82 Å². The van der Waals surface area contributed by atoms with Crippen molar-refractivity contribution in [1.82, 2.24) is 0 Å². The van der Waals surface area contributed by atoms with Gasteiger partial charge >= 0.3 is 0 Å². The van der Waals surface area contributed by atoms with Crippen LogP contribution in [0.5, 0.6) is 0 Å². The molecule has 0 saturated carbocycles. The van der Waals surface area contributed by atoms with Crippen molar-refractivity contribution >= 4 is 43.2 Å². The number of benzene rings is 1. The number of hydrogen-bond donors (Lipinski definition) is 0. The van der Waals surface area contributed by atoms with E-state index < -0.39 is 0 Å². The molecule has 0 spiro atoms. The van der Waals surface area contributed by atoms with Crippen LogP contribution in [0, 0.1) is 19.7 Å². The highest BCUT2D eigenvalue weighted by atomic mass is 79.9. The predicted octanol–water partition coefficient (Wildman–Crippen LogP) is 5.75. The van der Waals surface area contributed by atoms with Crippen LogP contribution in [0.2, 0.25) is 0 Å². The highest BCUT2D eigenvalue weighted by molar-refractivity contribution is 9.10. The first-order valence-electron chi connectivity index (χ1n) is 5.15. The Morgan fingerprint density at radius 2 is 1.94 bits per heavy atom. The molecule has 0 fully saturated rings. The molecule has 17 heavy (non-hydrogen) atoms. The average molecular weight is 378 g/mol. The highest BCUT2D eigenvalue weighted by Gasteiger charge is 2.15. The average Bonchev–Trinajstić information content (AvgIpc) is 2.62. The van der Waals surface area contributed by atoms with Gasteiger partial charge in [-0.25, -0.2) is 4.39 Å². The summed E-state index contributed by atoms with van der Waals surface area (Å²) in [5.41, 5.74) is 1.62. The van der Waals surface area contributed by atoms with Gasteiger partial charge < -0.3 is 0 Å². The lowest BCUT2D eigenvalue weighted by atomic mass is 10.1. The summed E-state index contributed by atoms with van der Waals surface area (Å²) in [5, 5.41) is 0. The van der Waals surface area contributed by atoms with Crippen molar-refractivity contribution in [1.29, 1.82) is 0 Å². The Hall–Kier alpha value is -0.190. The molecule has 0 bridgehead atoms. The van der Waals surface area contributed by atoms with E-state index in [1.54, 1.807) is 24.3 Å². The Balaban J connectivity index is 2.36. The molecular weight excluding hydrogens is 367 g/mol. The molecule has 1 atom stereocenters. The third-order valence-electron chi connectivity index (χ3n) is 2.61. The summed E-state index contributed by atoms with van der Waals surface area (Å²) in [5.74, 6) is -0.153. The number of hydrogen-bond acceptors (Lipinski definition) is 1. The van der Waals surface area contributed by atoms with Crippen molar-refractivity contribution in [3.05, 3.63) is 55.4 Å². The minimum atomic E-state index is -0.153. The Morgan fingerprint density at radius 3 is 2.47 bits per heavy atom. The lowest BCUT2D eigenvalue weighted by molar-refractivity contribution is 0.616. The highest BCUT2D eigenvalue weighted by Crippen LogP contribution is 2.38. The Kier molecular flexibility index (Phi) is 4.06. The maximum Gasteiger partial charge on any atom is 0.126 e. The molecule has 0 nitrogen and oxygen atoms in total. The molecule has 90 valence electrons. The normalized spacial score (nSPS) is 12.8. The fraction of sp³-hybridized carbons (Fsp3) is 0.231. The van der Waals surface area contributed by atoms with Crippen molar-refractivity contribution in [2.24, 2.45) is 0 Å². The van der Waals surface area contributed by atoms with Gasteiger partial charge in [0.05, 0.1) is 4.83 Å². The SMILES string of the molecule is Cc1ccc(C(Br)c2cc(Br)c(C)s2)cc1F. The lowest BCUT2D eigenvalue weighted by Crippen LogP contribution is -1.92. The van der Waals surface area contributed by atoms with Crippen LogP contribution < -0.4 is 0 Å². The molecule has 2 rings (SSSR count). The summed E-state index contributed by atoms with van der Waals surface area (Å²) < 4.78 is 14.6. The van der Waals surface area contributed by atoms with Gasteiger partial charge in [-0.2, -0.15) is 0 Å². The van der Waals surface area contributed by atoms with Crippen LogP contribution in [-0.2, 0) is 0 Å². The monoisotopic (exact) mass is 376 g/mol. The van der Waals surface area contributed by atoms with Crippen LogP contribution in [-0.4, -0.2) is 0 Å². The first-order valence-corrected chi connectivity index (χ1v) is 7.67. The molecule has 0 saturated heterocycles. The van der Waals surface area contributed by atoms with Crippen LogP contribution in [0.25, 0.3) is 0 Å². The van der Waals surface area contributed by atoms with E-state index in [2.05, 4.69) is 44.8 Å². The standard InChI is InChI=1S/C13H11Br2FS/c1-7-3-4-9(5-11(7)16)13(15)12-6-10(14)8(2)17-12/h3-6,13H,1-2H3. The summed E-state index contributed by atoms with van der Waals surface area (Å²) >= 11 is 8.83. The van der Waals surface area contributed by atoms with Crippen molar-refractivity contribution < 1.29 is 4.39 Å². The van der Waals surface area contributed by atoms with Gasteiger partial charge in [-0.15, -0.1) is 11.3 Å². The minimum absolute atomic E-state index is 0.0487. The smallest absolute Gasteiger partial charge is 0.126 e. The number of rotatable bonds is 2. The second kappa shape index (κ2) is 5.21. The largest absolute Gasteiger partial charge is 0.207 e. The lowest BCUT2D eigenvalue weighted by Gasteiger charge is -2.09. The molecule has 0 N–H and O–H groups in total.